The molecule has 1 aliphatic rings. The van der Waals surface area contributed by atoms with Crippen LogP contribution >= 0.6 is 0 Å². The molecule has 1 aliphatic carbocycles. The van der Waals surface area contributed by atoms with Crippen LogP contribution in [0, 0.1) is 5.82 Å². The van der Waals surface area contributed by atoms with E-state index in [1.807, 2.05) is 0 Å². The van der Waals surface area contributed by atoms with E-state index in [1.54, 1.807) is 12.1 Å². The van der Waals surface area contributed by atoms with E-state index in [2.05, 4.69) is 0 Å². The maximum absolute atomic E-state index is 13.0. The maximum atomic E-state index is 13.0. The highest BCUT2D eigenvalue weighted by Crippen LogP contribution is 2.40. The lowest BCUT2D eigenvalue weighted by molar-refractivity contribution is 0.386. The molecule has 2 atom stereocenters. The van der Waals surface area contributed by atoms with E-state index in [0.29, 0.717) is 11.7 Å². The first-order valence-electron chi connectivity index (χ1n) is 4.31. The Hall–Kier alpha value is -1.09. The Bertz CT molecular complexity index is 327. The van der Waals surface area contributed by atoms with Crippen LogP contribution in [-0.2, 0) is 0 Å². The van der Waals surface area contributed by atoms with Gasteiger partial charge in [-0.05, 0) is 24.1 Å². The number of rotatable bonds is 2. The molecule has 3 heteroatoms. The second kappa shape index (κ2) is 3.00. The Balaban J connectivity index is 2.28. The van der Waals surface area contributed by atoms with Gasteiger partial charge in [0.05, 0.1) is 7.11 Å². The van der Waals surface area contributed by atoms with E-state index in [-0.39, 0.29) is 11.9 Å². The van der Waals surface area contributed by atoms with Crippen molar-refractivity contribution in [3.63, 3.8) is 0 Å². The Morgan fingerprint density at radius 1 is 1.54 bits per heavy atom. The highest BCUT2D eigenvalue weighted by molar-refractivity contribution is 5.36. The SMILES string of the molecule is COc1cc(C2CC2N)ccc1F. The molecule has 1 aromatic carbocycles. The number of hydrogen-bond donors (Lipinski definition) is 1. The zero-order valence-electron chi connectivity index (χ0n) is 7.46. The molecule has 0 heterocycles. The summed E-state index contributed by atoms with van der Waals surface area (Å²) in [6.07, 6.45) is 0.995. The second-order valence-electron chi connectivity index (χ2n) is 3.40. The normalized spacial score (nSPS) is 25.8. The summed E-state index contributed by atoms with van der Waals surface area (Å²) in [6.45, 7) is 0. The first-order valence-corrected chi connectivity index (χ1v) is 4.31. The van der Waals surface area contributed by atoms with Crippen LogP contribution in [0.4, 0.5) is 4.39 Å². The van der Waals surface area contributed by atoms with Gasteiger partial charge in [0, 0.05) is 12.0 Å². The monoisotopic (exact) mass is 181 g/mol. The lowest BCUT2D eigenvalue weighted by atomic mass is 10.1. The van der Waals surface area contributed by atoms with Gasteiger partial charge in [-0.2, -0.15) is 0 Å². The standard InChI is InChI=1S/C10H12FNO/c1-13-10-4-6(2-3-8(10)11)7-5-9(7)12/h2-4,7,9H,5,12H2,1H3. The number of ether oxygens (including phenoxy) is 1. The fraction of sp³-hybridized carbons (Fsp3) is 0.400. The van der Waals surface area contributed by atoms with Crippen molar-refractivity contribution >= 4 is 0 Å². The summed E-state index contributed by atoms with van der Waals surface area (Å²) in [6, 6.07) is 5.18. The van der Waals surface area contributed by atoms with Gasteiger partial charge in [0.2, 0.25) is 0 Å². The zero-order chi connectivity index (χ0) is 9.42. The van der Waals surface area contributed by atoms with Gasteiger partial charge in [0.15, 0.2) is 11.6 Å². The van der Waals surface area contributed by atoms with Gasteiger partial charge in [0.1, 0.15) is 0 Å². The van der Waals surface area contributed by atoms with Gasteiger partial charge >= 0.3 is 0 Å². The largest absolute Gasteiger partial charge is 0.494 e. The van der Waals surface area contributed by atoms with Crippen molar-refractivity contribution < 1.29 is 9.13 Å². The minimum Gasteiger partial charge on any atom is -0.494 e. The van der Waals surface area contributed by atoms with Crippen molar-refractivity contribution in [2.24, 2.45) is 5.73 Å². The van der Waals surface area contributed by atoms with E-state index in [9.17, 15) is 4.39 Å². The third kappa shape index (κ3) is 1.52. The van der Waals surface area contributed by atoms with Crippen LogP contribution in [0.2, 0.25) is 0 Å². The quantitative estimate of drug-likeness (QED) is 0.752. The molecular formula is C10H12FNO. The molecule has 0 aromatic heterocycles. The van der Waals surface area contributed by atoms with Gasteiger partial charge in [-0.3, -0.25) is 0 Å². The van der Waals surface area contributed by atoms with Crippen LogP contribution in [0.15, 0.2) is 18.2 Å². The number of nitrogens with two attached hydrogens (primary N) is 1. The van der Waals surface area contributed by atoms with Crippen molar-refractivity contribution in [2.75, 3.05) is 7.11 Å². The van der Waals surface area contributed by atoms with Crippen molar-refractivity contribution in [3.8, 4) is 5.75 Å². The van der Waals surface area contributed by atoms with Crippen molar-refractivity contribution in [1.82, 2.24) is 0 Å². The van der Waals surface area contributed by atoms with E-state index in [0.717, 1.165) is 12.0 Å². The first kappa shape index (κ1) is 8.51. The van der Waals surface area contributed by atoms with E-state index in [4.69, 9.17) is 10.5 Å². The molecule has 2 nitrogen and oxygen atoms in total. The summed E-state index contributed by atoms with van der Waals surface area (Å²) in [4.78, 5) is 0. The van der Waals surface area contributed by atoms with Crippen LogP contribution in [-0.4, -0.2) is 13.2 Å². The molecule has 0 aliphatic heterocycles. The average Bonchev–Trinajstić information content (AvgIpc) is 2.84. The lowest BCUT2D eigenvalue weighted by Crippen LogP contribution is -2.01. The van der Waals surface area contributed by atoms with E-state index in [1.165, 1.54) is 13.2 Å². The molecule has 2 N–H and O–H groups in total. The topological polar surface area (TPSA) is 35.2 Å². The highest BCUT2D eigenvalue weighted by Gasteiger charge is 2.35. The second-order valence-corrected chi connectivity index (χ2v) is 3.40. The minimum atomic E-state index is -0.319. The molecule has 0 spiro atoms. The summed E-state index contributed by atoms with van der Waals surface area (Å²) < 4.78 is 17.9. The van der Waals surface area contributed by atoms with Crippen molar-refractivity contribution in [3.05, 3.63) is 29.6 Å². The fourth-order valence-electron chi connectivity index (χ4n) is 1.50. The summed E-state index contributed by atoms with van der Waals surface area (Å²) in [5, 5.41) is 0. The first-order chi connectivity index (χ1) is 6.22. The summed E-state index contributed by atoms with van der Waals surface area (Å²) in [7, 11) is 1.47. The van der Waals surface area contributed by atoms with Crippen LogP contribution in [0.25, 0.3) is 0 Å². The third-order valence-electron chi connectivity index (χ3n) is 2.44. The Kier molecular flexibility index (Phi) is 1.96. The van der Waals surface area contributed by atoms with Gasteiger partial charge in [-0.15, -0.1) is 0 Å². The Labute approximate surface area is 76.5 Å². The highest BCUT2D eigenvalue weighted by atomic mass is 19.1. The van der Waals surface area contributed by atoms with Crippen molar-refractivity contribution in [1.29, 1.82) is 0 Å². The predicted octanol–water partition coefficient (Wildman–Crippen LogP) is 1.65. The van der Waals surface area contributed by atoms with Crippen LogP contribution < -0.4 is 10.5 Å². The summed E-state index contributed by atoms with van der Waals surface area (Å²) in [5.74, 6) is 0.381. The van der Waals surface area contributed by atoms with Gasteiger partial charge in [-0.1, -0.05) is 6.07 Å². The number of methoxy groups -OCH3 is 1. The number of halogens is 1. The molecule has 0 amide bonds. The molecule has 0 radical (unpaired) electrons. The molecule has 2 rings (SSSR count). The van der Waals surface area contributed by atoms with E-state index >= 15 is 0 Å². The van der Waals surface area contributed by atoms with Crippen LogP contribution in [0.1, 0.15) is 17.9 Å². The molecule has 70 valence electrons. The van der Waals surface area contributed by atoms with E-state index < -0.39 is 0 Å². The third-order valence-corrected chi connectivity index (χ3v) is 2.44. The zero-order valence-corrected chi connectivity index (χ0v) is 7.46. The lowest BCUT2D eigenvalue weighted by Gasteiger charge is -2.04. The maximum Gasteiger partial charge on any atom is 0.165 e. The van der Waals surface area contributed by atoms with Crippen molar-refractivity contribution in [2.45, 2.75) is 18.4 Å². The predicted molar refractivity (Wildman–Crippen MR) is 48.3 cm³/mol. The average molecular weight is 181 g/mol. The van der Waals surface area contributed by atoms with Crippen LogP contribution in [0.3, 0.4) is 0 Å². The molecule has 1 fully saturated rings. The Morgan fingerprint density at radius 2 is 2.23 bits per heavy atom. The number of benzene rings is 1. The molecule has 0 bridgehead atoms. The number of hydrogen-bond acceptors (Lipinski definition) is 2. The molecule has 1 saturated carbocycles. The molecular weight excluding hydrogens is 169 g/mol. The molecule has 0 saturated heterocycles. The molecule has 1 aromatic rings. The van der Waals surface area contributed by atoms with Gasteiger partial charge < -0.3 is 10.5 Å². The molecule has 2 unspecified atom stereocenters. The summed E-state index contributed by atoms with van der Waals surface area (Å²) >= 11 is 0. The Morgan fingerprint density at radius 3 is 2.77 bits per heavy atom. The fourth-order valence-corrected chi connectivity index (χ4v) is 1.50. The van der Waals surface area contributed by atoms with Gasteiger partial charge in [-0.25, -0.2) is 4.39 Å². The van der Waals surface area contributed by atoms with Crippen LogP contribution in [0.5, 0.6) is 5.75 Å². The minimum absolute atomic E-state index is 0.246. The molecule has 13 heavy (non-hydrogen) atoms. The smallest absolute Gasteiger partial charge is 0.165 e. The summed E-state index contributed by atoms with van der Waals surface area (Å²) in [5.41, 5.74) is 6.77. The van der Waals surface area contributed by atoms with Gasteiger partial charge in [0.25, 0.3) is 0 Å².